The molecule has 0 saturated heterocycles. The highest BCUT2D eigenvalue weighted by atomic mass is 16.3. The third kappa shape index (κ3) is 3.40. The highest BCUT2D eigenvalue weighted by Crippen LogP contribution is 2.29. The lowest BCUT2D eigenvalue weighted by Gasteiger charge is -2.07. The summed E-state index contributed by atoms with van der Waals surface area (Å²) in [4.78, 5) is 16.0. The summed E-state index contributed by atoms with van der Waals surface area (Å²) in [6, 6.07) is 9.28. The van der Waals surface area contributed by atoms with Crippen LogP contribution in [0.25, 0.3) is 11.0 Å². The predicted octanol–water partition coefficient (Wildman–Crippen LogP) is 4.27. The maximum atomic E-state index is 12.0. The van der Waals surface area contributed by atoms with Crippen LogP contribution in [0.2, 0.25) is 0 Å². The van der Waals surface area contributed by atoms with Gasteiger partial charge in [-0.2, -0.15) is 0 Å². The fourth-order valence-corrected chi connectivity index (χ4v) is 2.81. The molecule has 1 aromatic carbocycles. The molecule has 2 heterocycles. The number of urea groups is 1. The number of anilines is 1. The molecule has 5 nitrogen and oxygen atoms in total. The molecule has 0 aliphatic heterocycles. The summed E-state index contributed by atoms with van der Waals surface area (Å²) in [6.07, 6.45) is 5.22. The molecule has 0 saturated carbocycles. The molecule has 0 fully saturated rings. The first-order chi connectivity index (χ1) is 11.7. The van der Waals surface area contributed by atoms with E-state index in [-0.39, 0.29) is 6.03 Å². The molecule has 2 N–H and O–H groups in total. The number of nitrogens with one attached hydrogen (secondary N) is 2. The lowest BCUT2D eigenvalue weighted by molar-refractivity contribution is 0.251. The fraction of sp³-hybridized carbons (Fsp3) is 0.263. The topological polar surface area (TPSA) is 67.2 Å². The Bertz CT molecular complexity index is 840. The van der Waals surface area contributed by atoms with E-state index in [1.165, 1.54) is 5.56 Å². The molecule has 0 aliphatic carbocycles. The Hall–Kier alpha value is -2.82. The number of nitrogens with zero attached hydrogens (tertiary/aromatic N) is 1. The molecule has 2 amide bonds. The number of rotatable bonds is 5. The molecule has 0 radical (unpaired) electrons. The summed E-state index contributed by atoms with van der Waals surface area (Å²) in [6.45, 7) is 4.67. The monoisotopic (exact) mass is 323 g/mol. The third-order valence-corrected chi connectivity index (χ3v) is 4.01. The van der Waals surface area contributed by atoms with Crippen molar-refractivity contribution < 1.29 is 9.21 Å². The van der Waals surface area contributed by atoms with Crippen molar-refractivity contribution >= 4 is 22.7 Å². The number of carbonyl (C=O) groups excluding carboxylic acids is 1. The minimum Gasteiger partial charge on any atom is -0.461 e. The quantitative estimate of drug-likeness (QED) is 0.736. The van der Waals surface area contributed by atoms with Gasteiger partial charge in [0, 0.05) is 48.1 Å². The highest BCUT2D eigenvalue weighted by molar-refractivity contribution is 5.93. The average Bonchev–Trinajstić information content (AvgIpc) is 2.97. The third-order valence-electron chi connectivity index (χ3n) is 4.01. The molecule has 3 rings (SSSR count). The Morgan fingerprint density at radius 2 is 1.92 bits per heavy atom. The van der Waals surface area contributed by atoms with E-state index in [1.807, 2.05) is 30.3 Å². The largest absolute Gasteiger partial charge is 0.461 e. The smallest absolute Gasteiger partial charge is 0.319 e. The summed E-state index contributed by atoms with van der Waals surface area (Å²) in [5.41, 5.74) is 3.78. The number of pyridine rings is 1. The number of aromatic nitrogens is 1. The van der Waals surface area contributed by atoms with E-state index < -0.39 is 0 Å². The lowest BCUT2D eigenvalue weighted by atomic mass is 10.1. The van der Waals surface area contributed by atoms with Gasteiger partial charge in [0.25, 0.3) is 0 Å². The van der Waals surface area contributed by atoms with Crippen LogP contribution in [-0.2, 0) is 19.4 Å². The SMILES string of the molecule is CCc1oc2cc(NC(=O)NCc3ccncc3)ccc2c1CC. The molecule has 2 aromatic heterocycles. The normalized spacial score (nSPS) is 10.8. The van der Waals surface area contributed by atoms with Gasteiger partial charge in [-0.3, -0.25) is 4.98 Å². The van der Waals surface area contributed by atoms with Gasteiger partial charge < -0.3 is 15.1 Å². The summed E-state index contributed by atoms with van der Waals surface area (Å²) < 4.78 is 5.91. The van der Waals surface area contributed by atoms with Gasteiger partial charge in [-0.1, -0.05) is 13.8 Å². The number of aryl methyl sites for hydroxylation is 2. The molecule has 0 aliphatic rings. The highest BCUT2D eigenvalue weighted by Gasteiger charge is 2.12. The standard InChI is InChI=1S/C19H21N3O2/c1-3-15-16-6-5-14(11-18(16)24-17(15)4-2)22-19(23)21-12-13-7-9-20-10-8-13/h5-11H,3-4,12H2,1-2H3,(H2,21,22,23). The Morgan fingerprint density at radius 3 is 2.62 bits per heavy atom. The van der Waals surface area contributed by atoms with Crippen LogP contribution in [0.3, 0.4) is 0 Å². The second-order valence-corrected chi connectivity index (χ2v) is 5.58. The van der Waals surface area contributed by atoms with E-state index in [9.17, 15) is 4.79 Å². The maximum Gasteiger partial charge on any atom is 0.319 e. The van der Waals surface area contributed by atoms with Gasteiger partial charge in [0.15, 0.2) is 0 Å². The van der Waals surface area contributed by atoms with Crippen LogP contribution in [0.15, 0.2) is 47.1 Å². The maximum absolute atomic E-state index is 12.0. The van der Waals surface area contributed by atoms with E-state index in [1.54, 1.807) is 12.4 Å². The van der Waals surface area contributed by atoms with E-state index in [2.05, 4.69) is 29.5 Å². The zero-order valence-corrected chi connectivity index (χ0v) is 13.9. The van der Waals surface area contributed by atoms with Crippen LogP contribution in [0.5, 0.6) is 0 Å². The number of amides is 2. The number of carbonyl (C=O) groups is 1. The summed E-state index contributed by atoms with van der Waals surface area (Å²) in [7, 11) is 0. The zero-order chi connectivity index (χ0) is 16.9. The van der Waals surface area contributed by atoms with Crippen molar-refractivity contribution in [2.24, 2.45) is 0 Å². The first-order valence-electron chi connectivity index (χ1n) is 8.19. The number of hydrogen-bond donors (Lipinski definition) is 2. The molecule has 0 atom stereocenters. The van der Waals surface area contributed by atoms with Crippen LogP contribution in [0, 0.1) is 0 Å². The predicted molar refractivity (Wildman–Crippen MR) is 95.1 cm³/mol. The van der Waals surface area contributed by atoms with Gasteiger partial charge in [0.2, 0.25) is 0 Å². The van der Waals surface area contributed by atoms with Gasteiger partial charge >= 0.3 is 6.03 Å². The van der Waals surface area contributed by atoms with Crippen molar-refractivity contribution in [1.82, 2.24) is 10.3 Å². The minimum absolute atomic E-state index is 0.246. The molecule has 124 valence electrons. The Morgan fingerprint density at radius 1 is 1.12 bits per heavy atom. The zero-order valence-electron chi connectivity index (χ0n) is 13.9. The second-order valence-electron chi connectivity index (χ2n) is 5.58. The van der Waals surface area contributed by atoms with E-state index >= 15 is 0 Å². The van der Waals surface area contributed by atoms with Crippen LogP contribution >= 0.6 is 0 Å². The van der Waals surface area contributed by atoms with Crippen molar-refractivity contribution in [1.29, 1.82) is 0 Å². The molecule has 0 unspecified atom stereocenters. The first kappa shape index (κ1) is 16.1. The molecule has 0 spiro atoms. The van der Waals surface area contributed by atoms with Gasteiger partial charge in [0.05, 0.1) is 0 Å². The Kier molecular flexibility index (Phi) is 4.79. The average molecular weight is 323 g/mol. The van der Waals surface area contributed by atoms with Gasteiger partial charge in [-0.05, 0) is 36.2 Å². The second kappa shape index (κ2) is 7.17. The van der Waals surface area contributed by atoms with Gasteiger partial charge in [-0.15, -0.1) is 0 Å². The molecular formula is C19H21N3O2. The lowest BCUT2D eigenvalue weighted by Crippen LogP contribution is -2.28. The fourth-order valence-electron chi connectivity index (χ4n) is 2.81. The summed E-state index contributed by atoms with van der Waals surface area (Å²) >= 11 is 0. The molecule has 24 heavy (non-hydrogen) atoms. The van der Waals surface area contributed by atoms with E-state index in [4.69, 9.17) is 4.42 Å². The van der Waals surface area contributed by atoms with Crippen LogP contribution in [0.1, 0.15) is 30.7 Å². The number of furan rings is 1. The van der Waals surface area contributed by atoms with Crippen LogP contribution < -0.4 is 10.6 Å². The molecule has 3 aromatic rings. The van der Waals surface area contributed by atoms with E-state index in [0.29, 0.717) is 12.2 Å². The van der Waals surface area contributed by atoms with E-state index in [0.717, 1.165) is 35.1 Å². The minimum atomic E-state index is -0.246. The van der Waals surface area contributed by atoms with Crippen molar-refractivity contribution in [3.05, 3.63) is 59.6 Å². The molecule has 0 bridgehead atoms. The first-order valence-corrected chi connectivity index (χ1v) is 8.19. The van der Waals surface area contributed by atoms with Crippen molar-refractivity contribution in [2.45, 2.75) is 33.2 Å². The number of fused-ring (bicyclic) bond motifs is 1. The van der Waals surface area contributed by atoms with Crippen LogP contribution in [0.4, 0.5) is 10.5 Å². The van der Waals surface area contributed by atoms with Crippen molar-refractivity contribution in [3.8, 4) is 0 Å². The number of hydrogen-bond acceptors (Lipinski definition) is 3. The summed E-state index contributed by atoms with van der Waals surface area (Å²) in [5, 5.41) is 6.79. The summed E-state index contributed by atoms with van der Waals surface area (Å²) in [5.74, 6) is 1.02. The molecule has 5 heteroatoms. The molecular weight excluding hydrogens is 302 g/mol. The van der Waals surface area contributed by atoms with Gasteiger partial charge in [0.1, 0.15) is 11.3 Å². The number of benzene rings is 1. The van der Waals surface area contributed by atoms with Crippen molar-refractivity contribution in [3.63, 3.8) is 0 Å². The van der Waals surface area contributed by atoms with Gasteiger partial charge in [-0.25, -0.2) is 4.79 Å². The van der Waals surface area contributed by atoms with Crippen LogP contribution in [-0.4, -0.2) is 11.0 Å². The Labute approximate surface area is 141 Å². The Balaban J connectivity index is 1.69. The van der Waals surface area contributed by atoms with Crippen molar-refractivity contribution in [2.75, 3.05) is 5.32 Å².